The molecule has 2 fully saturated rings. The first-order valence-electron chi connectivity index (χ1n) is 8.52. The molecule has 1 atom stereocenters. The Bertz CT molecular complexity index is 597. The molecule has 2 saturated heterocycles. The van der Waals surface area contributed by atoms with Gasteiger partial charge in [0.1, 0.15) is 5.82 Å². The summed E-state index contributed by atoms with van der Waals surface area (Å²) in [6, 6.07) is 6.79. The Balaban J connectivity index is 1.43. The minimum atomic E-state index is -0.212. The maximum absolute atomic E-state index is 12.9. The van der Waals surface area contributed by atoms with Crippen molar-refractivity contribution in [3.05, 3.63) is 35.6 Å². The summed E-state index contributed by atoms with van der Waals surface area (Å²) in [5, 5.41) is 3.10. The molecule has 2 aliphatic rings. The fourth-order valence-corrected chi connectivity index (χ4v) is 3.44. The van der Waals surface area contributed by atoms with E-state index in [1.165, 1.54) is 12.1 Å². The maximum atomic E-state index is 12.9. The predicted octanol–water partition coefficient (Wildman–Crippen LogP) is 1.38. The van der Waals surface area contributed by atoms with E-state index in [4.69, 9.17) is 0 Å². The summed E-state index contributed by atoms with van der Waals surface area (Å²) < 4.78 is 12.9. The molecule has 2 amide bonds. The van der Waals surface area contributed by atoms with Crippen LogP contribution in [-0.2, 0) is 16.1 Å². The van der Waals surface area contributed by atoms with Crippen LogP contribution in [0.25, 0.3) is 0 Å². The molecule has 2 heterocycles. The third-order valence-electron chi connectivity index (χ3n) is 4.97. The zero-order valence-corrected chi connectivity index (χ0v) is 14.0. The number of carbonyl (C=O) groups excluding carboxylic acids is 2. The van der Waals surface area contributed by atoms with Crippen molar-refractivity contribution in [2.75, 3.05) is 26.7 Å². The second kappa shape index (κ2) is 7.30. The molecule has 1 aromatic carbocycles. The van der Waals surface area contributed by atoms with Gasteiger partial charge in [0, 0.05) is 45.7 Å². The Morgan fingerprint density at radius 1 is 1.25 bits per heavy atom. The zero-order valence-electron chi connectivity index (χ0n) is 14.0. The van der Waals surface area contributed by atoms with E-state index in [1.807, 2.05) is 12.1 Å². The van der Waals surface area contributed by atoms with Crippen LogP contribution in [0.2, 0.25) is 0 Å². The van der Waals surface area contributed by atoms with E-state index in [9.17, 15) is 14.0 Å². The molecule has 2 aliphatic heterocycles. The molecule has 0 spiro atoms. The van der Waals surface area contributed by atoms with Crippen molar-refractivity contribution in [2.24, 2.45) is 5.92 Å². The van der Waals surface area contributed by atoms with E-state index >= 15 is 0 Å². The van der Waals surface area contributed by atoms with Gasteiger partial charge in [-0.05, 0) is 30.5 Å². The summed E-state index contributed by atoms with van der Waals surface area (Å²) in [5.41, 5.74) is 1.10. The number of amides is 2. The third-order valence-corrected chi connectivity index (χ3v) is 4.97. The second-order valence-corrected chi connectivity index (χ2v) is 6.86. The highest BCUT2D eigenvalue weighted by atomic mass is 19.1. The quantitative estimate of drug-likeness (QED) is 0.906. The third kappa shape index (κ3) is 4.12. The van der Waals surface area contributed by atoms with Crippen molar-refractivity contribution in [1.82, 2.24) is 15.1 Å². The number of rotatable bonds is 4. The number of halogens is 1. The number of hydrogen-bond donors (Lipinski definition) is 1. The van der Waals surface area contributed by atoms with E-state index in [-0.39, 0.29) is 29.6 Å². The van der Waals surface area contributed by atoms with Crippen molar-refractivity contribution in [3.63, 3.8) is 0 Å². The van der Waals surface area contributed by atoms with Crippen LogP contribution in [0.5, 0.6) is 0 Å². The van der Waals surface area contributed by atoms with Crippen LogP contribution >= 0.6 is 0 Å². The summed E-state index contributed by atoms with van der Waals surface area (Å²) >= 11 is 0. The van der Waals surface area contributed by atoms with Crippen LogP contribution in [0.3, 0.4) is 0 Å². The van der Waals surface area contributed by atoms with Gasteiger partial charge in [0.25, 0.3) is 0 Å². The molecule has 0 unspecified atom stereocenters. The minimum absolute atomic E-state index is 0.00434. The van der Waals surface area contributed by atoms with Crippen molar-refractivity contribution in [1.29, 1.82) is 0 Å². The van der Waals surface area contributed by atoms with Gasteiger partial charge in [0.15, 0.2) is 0 Å². The van der Waals surface area contributed by atoms with Crippen molar-refractivity contribution < 1.29 is 14.0 Å². The molecule has 0 radical (unpaired) electrons. The fourth-order valence-electron chi connectivity index (χ4n) is 3.44. The molecule has 0 aromatic heterocycles. The first-order valence-corrected chi connectivity index (χ1v) is 8.52. The normalized spacial score (nSPS) is 22.8. The molecule has 3 rings (SSSR count). The number of carbonyl (C=O) groups is 2. The van der Waals surface area contributed by atoms with Gasteiger partial charge in [-0.1, -0.05) is 12.1 Å². The SMILES string of the molecule is CN1C[C@@H](C(=O)NC2CCN(Cc3ccc(F)cc3)CC2)CC1=O. The van der Waals surface area contributed by atoms with Gasteiger partial charge < -0.3 is 10.2 Å². The van der Waals surface area contributed by atoms with Crippen LogP contribution in [0.1, 0.15) is 24.8 Å². The highest BCUT2D eigenvalue weighted by Gasteiger charge is 2.33. The molecule has 1 N–H and O–H groups in total. The molecule has 1 aromatic rings. The van der Waals surface area contributed by atoms with Gasteiger partial charge in [0.05, 0.1) is 5.92 Å². The van der Waals surface area contributed by atoms with Gasteiger partial charge in [-0.3, -0.25) is 14.5 Å². The maximum Gasteiger partial charge on any atom is 0.225 e. The Labute approximate surface area is 141 Å². The van der Waals surface area contributed by atoms with Crippen molar-refractivity contribution >= 4 is 11.8 Å². The van der Waals surface area contributed by atoms with Gasteiger partial charge in [-0.2, -0.15) is 0 Å². The Morgan fingerprint density at radius 3 is 2.50 bits per heavy atom. The van der Waals surface area contributed by atoms with E-state index in [0.717, 1.165) is 38.0 Å². The van der Waals surface area contributed by atoms with Gasteiger partial charge in [-0.25, -0.2) is 4.39 Å². The van der Waals surface area contributed by atoms with Crippen molar-refractivity contribution in [2.45, 2.75) is 31.8 Å². The lowest BCUT2D eigenvalue weighted by molar-refractivity contribution is -0.128. The van der Waals surface area contributed by atoms with Crippen LogP contribution in [0.15, 0.2) is 24.3 Å². The standard InChI is InChI=1S/C18H24FN3O2/c1-21-12-14(10-17(21)23)18(24)20-16-6-8-22(9-7-16)11-13-2-4-15(19)5-3-13/h2-5,14,16H,6-12H2,1H3,(H,20,24)/t14-/m0/s1. The number of nitrogens with one attached hydrogen (secondary N) is 1. The Morgan fingerprint density at radius 2 is 1.92 bits per heavy atom. The van der Waals surface area contributed by atoms with Gasteiger partial charge >= 0.3 is 0 Å². The fraction of sp³-hybridized carbons (Fsp3) is 0.556. The molecule has 0 bridgehead atoms. The van der Waals surface area contributed by atoms with E-state index in [0.29, 0.717) is 13.0 Å². The van der Waals surface area contributed by atoms with E-state index in [1.54, 1.807) is 11.9 Å². The Hall–Kier alpha value is -1.95. The lowest BCUT2D eigenvalue weighted by atomic mass is 10.0. The van der Waals surface area contributed by atoms with Crippen LogP contribution < -0.4 is 5.32 Å². The molecule has 0 saturated carbocycles. The summed E-state index contributed by atoms with van der Waals surface area (Å²) in [6.07, 6.45) is 2.14. The Kier molecular flexibility index (Phi) is 5.14. The number of piperidine rings is 1. The lowest BCUT2D eigenvalue weighted by Crippen LogP contribution is -2.46. The summed E-state index contributed by atoms with van der Waals surface area (Å²) in [6.45, 7) is 3.15. The predicted molar refractivity (Wildman–Crippen MR) is 88.6 cm³/mol. The van der Waals surface area contributed by atoms with Crippen LogP contribution in [0.4, 0.5) is 4.39 Å². The lowest BCUT2D eigenvalue weighted by Gasteiger charge is -2.32. The smallest absolute Gasteiger partial charge is 0.225 e. The zero-order chi connectivity index (χ0) is 17.1. The molecule has 130 valence electrons. The molecule has 6 heteroatoms. The summed E-state index contributed by atoms with van der Waals surface area (Å²) in [5.74, 6) is -0.370. The number of benzene rings is 1. The van der Waals surface area contributed by atoms with Gasteiger partial charge in [-0.15, -0.1) is 0 Å². The molecule has 0 aliphatic carbocycles. The van der Waals surface area contributed by atoms with E-state index < -0.39 is 0 Å². The minimum Gasteiger partial charge on any atom is -0.353 e. The average Bonchev–Trinajstić information content (AvgIpc) is 2.91. The topological polar surface area (TPSA) is 52.7 Å². The summed E-state index contributed by atoms with van der Waals surface area (Å²) in [7, 11) is 1.74. The van der Waals surface area contributed by atoms with Crippen LogP contribution in [-0.4, -0.2) is 54.3 Å². The van der Waals surface area contributed by atoms with Crippen LogP contribution in [0, 0.1) is 11.7 Å². The number of likely N-dealkylation sites (tertiary alicyclic amines) is 2. The summed E-state index contributed by atoms with van der Waals surface area (Å²) in [4.78, 5) is 27.7. The highest BCUT2D eigenvalue weighted by Crippen LogP contribution is 2.18. The second-order valence-electron chi connectivity index (χ2n) is 6.86. The number of nitrogens with zero attached hydrogens (tertiary/aromatic N) is 2. The average molecular weight is 333 g/mol. The monoisotopic (exact) mass is 333 g/mol. The molecular weight excluding hydrogens is 309 g/mol. The van der Waals surface area contributed by atoms with Crippen molar-refractivity contribution in [3.8, 4) is 0 Å². The van der Waals surface area contributed by atoms with E-state index in [2.05, 4.69) is 10.2 Å². The molecule has 5 nitrogen and oxygen atoms in total. The molecular formula is C18H24FN3O2. The number of hydrogen-bond acceptors (Lipinski definition) is 3. The molecule has 24 heavy (non-hydrogen) atoms. The van der Waals surface area contributed by atoms with Gasteiger partial charge in [0.2, 0.25) is 11.8 Å². The highest BCUT2D eigenvalue weighted by molar-refractivity contribution is 5.89. The first kappa shape index (κ1) is 16.9. The first-order chi connectivity index (χ1) is 11.5. The largest absolute Gasteiger partial charge is 0.353 e.